The molecule has 1 fully saturated rings. The van der Waals surface area contributed by atoms with Crippen LogP contribution in [0.4, 0.5) is 4.79 Å². The highest BCUT2D eigenvalue weighted by Crippen LogP contribution is 2.12. The average molecular weight is 240 g/mol. The molecule has 0 saturated carbocycles. The van der Waals surface area contributed by atoms with Crippen molar-refractivity contribution in [2.45, 2.75) is 45.2 Å². The van der Waals surface area contributed by atoms with E-state index in [1.54, 1.807) is 4.90 Å². The van der Waals surface area contributed by atoms with Crippen LogP contribution in [0.15, 0.2) is 12.7 Å². The molecule has 1 amide bonds. The molecule has 0 bridgehead atoms. The fraction of sp³-hybridized carbons (Fsp3) is 0.769. The van der Waals surface area contributed by atoms with E-state index in [4.69, 9.17) is 4.74 Å². The summed E-state index contributed by atoms with van der Waals surface area (Å²) in [7, 11) is 0. The monoisotopic (exact) mass is 240 g/mol. The third-order valence-corrected chi connectivity index (χ3v) is 3.06. The topological polar surface area (TPSA) is 41.6 Å². The Bertz CT molecular complexity index is 248. The molecule has 1 heterocycles. The van der Waals surface area contributed by atoms with Gasteiger partial charge in [-0.15, -0.1) is 6.58 Å². The van der Waals surface area contributed by atoms with E-state index in [9.17, 15) is 4.79 Å². The van der Waals surface area contributed by atoms with Gasteiger partial charge < -0.3 is 15.0 Å². The number of nitrogens with zero attached hydrogens (tertiary/aromatic N) is 1. The summed E-state index contributed by atoms with van der Waals surface area (Å²) in [5, 5.41) is 3.56. The van der Waals surface area contributed by atoms with Crippen LogP contribution >= 0.6 is 0 Å². The zero-order chi connectivity index (χ0) is 12.7. The summed E-state index contributed by atoms with van der Waals surface area (Å²) in [6.45, 7) is 9.77. The standard InChI is InChI=1S/C13H24N2O2/c1-4-6-11(3)14-12-7-9-15(10-8-12)13(16)17-5-2/h4,11-12,14H,1,5-10H2,2-3H3. The Labute approximate surface area is 104 Å². The lowest BCUT2D eigenvalue weighted by atomic mass is 10.0. The van der Waals surface area contributed by atoms with E-state index in [0.29, 0.717) is 18.7 Å². The Kier molecular flexibility index (Phi) is 6.05. The van der Waals surface area contributed by atoms with Gasteiger partial charge in [0.2, 0.25) is 0 Å². The van der Waals surface area contributed by atoms with Gasteiger partial charge in [-0.1, -0.05) is 6.08 Å². The molecule has 0 aliphatic carbocycles. The Morgan fingerprint density at radius 1 is 1.59 bits per heavy atom. The van der Waals surface area contributed by atoms with E-state index in [1.165, 1.54) is 0 Å². The van der Waals surface area contributed by atoms with Crippen molar-refractivity contribution in [1.29, 1.82) is 0 Å². The number of hydrogen-bond donors (Lipinski definition) is 1. The number of carbonyl (C=O) groups is 1. The van der Waals surface area contributed by atoms with Crippen molar-refractivity contribution in [3.8, 4) is 0 Å². The quantitative estimate of drug-likeness (QED) is 0.749. The summed E-state index contributed by atoms with van der Waals surface area (Å²) >= 11 is 0. The first-order valence-corrected chi connectivity index (χ1v) is 6.46. The number of likely N-dealkylation sites (tertiary alicyclic amines) is 1. The number of amides is 1. The molecule has 1 N–H and O–H groups in total. The van der Waals surface area contributed by atoms with Crippen LogP contribution in [0.2, 0.25) is 0 Å². The maximum absolute atomic E-state index is 11.5. The minimum atomic E-state index is -0.176. The minimum Gasteiger partial charge on any atom is -0.450 e. The number of rotatable bonds is 5. The highest BCUT2D eigenvalue weighted by molar-refractivity contribution is 5.67. The molecule has 17 heavy (non-hydrogen) atoms. The third kappa shape index (κ3) is 4.77. The number of nitrogens with one attached hydrogen (secondary N) is 1. The SMILES string of the molecule is C=CCC(C)NC1CCN(C(=O)OCC)CC1. The Hall–Kier alpha value is -1.03. The van der Waals surface area contributed by atoms with E-state index in [2.05, 4.69) is 18.8 Å². The zero-order valence-corrected chi connectivity index (χ0v) is 10.9. The highest BCUT2D eigenvalue weighted by Gasteiger charge is 2.23. The van der Waals surface area contributed by atoms with Gasteiger partial charge in [0.15, 0.2) is 0 Å². The van der Waals surface area contributed by atoms with E-state index in [0.717, 1.165) is 32.4 Å². The fourth-order valence-corrected chi connectivity index (χ4v) is 2.16. The second kappa shape index (κ2) is 7.33. The van der Waals surface area contributed by atoms with Crippen molar-refractivity contribution in [1.82, 2.24) is 10.2 Å². The van der Waals surface area contributed by atoms with Crippen molar-refractivity contribution in [2.75, 3.05) is 19.7 Å². The van der Waals surface area contributed by atoms with Crippen molar-refractivity contribution in [3.05, 3.63) is 12.7 Å². The van der Waals surface area contributed by atoms with Crippen LogP contribution in [-0.2, 0) is 4.74 Å². The van der Waals surface area contributed by atoms with Crippen molar-refractivity contribution < 1.29 is 9.53 Å². The van der Waals surface area contributed by atoms with Gasteiger partial charge in [0.25, 0.3) is 0 Å². The van der Waals surface area contributed by atoms with Gasteiger partial charge in [0.1, 0.15) is 0 Å². The highest BCUT2D eigenvalue weighted by atomic mass is 16.6. The number of hydrogen-bond acceptors (Lipinski definition) is 3. The lowest BCUT2D eigenvalue weighted by Gasteiger charge is -2.33. The molecular formula is C13H24N2O2. The average Bonchev–Trinajstić information content (AvgIpc) is 2.30. The van der Waals surface area contributed by atoms with Crippen molar-refractivity contribution >= 4 is 6.09 Å². The Morgan fingerprint density at radius 3 is 2.76 bits per heavy atom. The van der Waals surface area contributed by atoms with Crippen LogP contribution in [0.1, 0.15) is 33.1 Å². The maximum Gasteiger partial charge on any atom is 0.409 e. The van der Waals surface area contributed by atoms with E-state index < -0.39 is 0 Å². The van der Waals surface area contributed by atoms with Crippen LogP contribution in [-0.4, -0.2) is 42.8 Å². The predicted octanol–water partition coefficient (Wildman–Crippen LogP) is 2.16. The lowest BCUT2D eigenvalue weighted by molar-refractivity contribution is 0.0944. The molecule has 98 valence electrons. The molecule has 1 aliphatic heterocycles. The lowest BCUT2D eigenvalue weighted by Crippen LogP contribution is -2.47. The second-order valence-electron chi connectivity index (χ2n) is 4.55. The largest absolute Gasteiger partial charge is 0.450 e. The minimum absolute atomic E-state index is 0.176. The summed E-state index contributed by atoms with van der Waals surface area (Å²) in [6.07, 6.45) is 4.74. The summed E-state index contributed by atoms with van der Waals surface area (Å²) < 4.78 is 4.99. The van der Waals surface area contributed by atoms with Gasteiger partial charge in [-0.25, -0.2) is 4.79 Å². The number of carbonyl (C=O) groups excluding carboxylic acids is 1. The molecule has 1 aliphatic rings. The first-order valence-electron chi connectivity index (χ1n) is 6.46. The van der Waals surface area contributed by atoms with E-state index in [-0.39, 0.29) is 6.09 Å². The van der Waals surface area contributed by atoms with Crippen LogP contribution in [0.5, 0.6) is 0 Å². The van der Waals surface area contributed by atoms with Crippen molar-refractivity contribution in [2.24, 2.45) is 0 Å². The van der Waals surface area contributed by atoms with Crippen LogP contribution in [0, 0.1) is 0 Å². The molecule has 0 aromatic carbocycles. The Morgan fingerprint density at radius 2 is 2.24 bits per heavy atom. The van der Waals surface area contributed by atoms with Gasteiger partial charge in [-0.2, -0.15) is 0 Å². The maximum atomic E-state index is 11.5. The zero-order valence-electron chi connectivity index (χ0n) is 10.9. The molecule has 1 rings (SSSR count). The van der Waals surface area contributed by atoms with Gasteiger partial charge in [-0.05, 0) is 33.1 Å². The number of piperidine rings is 1. The first-order chi connectivity index (χ1) is 8.17. The molecule has 0 radical (unpaired) electrons. The molecule has 0 spiro atoms. The molecule has 0 aromatic rings. The Balaban J connectivity index is 2.25. The molecular weight excluding hydrogens is 216 g/mol. The molecule has 4 nitrogen and oxygen atoms in total. The van der Waals surface area contributed by atoms with Gasteiger partial charge in [-0.3, -0.25) is 0 Å². The van der Waals surface area contributed by atoms with Gasteiger partial charge in [0, 0.05) is 25.2 Å². The summed E-state index contributed by atoms with van der Waals surface area (Å²) in [6, 6.07) is 0.974. The predicted molar refractivity (Wildman–Crippen MR) is 69.0 cm³/mol. The van der Waals surface area contributed by atoms with E-state index in [1.807, 2.05) is 13.0 Å². The molecule has 0 aromatic heterocycles. The molecule has 4 heteroatoms. The van der Waals surface area contributed by atoms with Gasteiger partial charge in [0.05, 0.1) is 6.61 Å². The van der Waals surface area contributed by atoms with Crippen LogP contribution in [0.3, 0.4) is 0 Å². The van der Waals surface area contributed by atoms with E-state index >= 15 is 0 Å². The first kappa shape index (κ1) is 14.0. The summed E-state index contributed by atoms with van der Waals surface area (Å²) in [4.78, 5) is 13.3. The fourth-order valence-electron chi connectivity index (χ4n) is 2.16. The van der Waals surface area contributed by atoms with Crippen molar-refractivity contribution in [3.63, 3.8) is 0 Å². The second-order valence-corrected chi connectivity index (χ2v) is 4.55. The molecule has 1 unspecified atom stereocenters. The molecule has 1 saturated heterocycles. The van der Waals surface area contributed by atoms with Crippen LogP contribution in [0.25, 0.3) is 0 Å². The third-order valence-electron chi connectivity index (χ3n) is 3.06. The van der Waals surface area contributed by atoms with Gasteiger partial charge >= 0.3 is 6.09 Å². The molecule has 1 atom stereocenters. The number of ether oxygens (including phenoxy) is 1. The smallest absolute Gasteiger partial charge is 0.409 e. The normalized spacial score (nSPS) is 18.8. The summed E-state index contributed by atoms with van der Waals surface area (Å²) in [5.74, 6) is 0. The summed E-state index contributed by atoms with van der Waals surface area (Å²) in [5.41, 5.74) is 0. The van der Waals surface area contributed by atoms with Crippen LogP contribution < -0.4 is 5.32 Å².